The Labute approximate surface area is 181 Å². The molecule has 2 heteroatoms. The van der Waals surface area contributed by atoms with Gasteiger partial charge in [0.05, 0.1) is 8.07 Å². The molecule has 0 N–H and O–H groups in total. The van der Waals surface area contributed by atoms with Crippen molar-refractivity contribution >= 4 is 13.3 Å². The van der Waals surface area contributed by atoms with Crippen LogP contribution in [0.15, 0.2) is 109 Å². The van der Waals surface area contributed by atoms with E-state index in [1.807, 2.05) is 30.3 Å². The lowest BCUT2D eigenvalue weighted by Crippen LogP contribution is -2.48. The van der Waals surface area contributed by atoms with E-state index in [-0.39, 0.29) is 0 Å². The number of benzene rings is 4. The van der Waals surface area contributed by atoms with Crippen LogP contribution in [0, 0.1) is 6.92 Å². The predicted octanol–water partition coefficient (Wildman–Crippen LogP) is 7.07. The molecule has 0 unspecified atom stereocenters. The first-order chi connectivity index (χ1) is 14.6. The van der Waals surface area contributed by atoms with Gasteiger partial charge in [-0.3, -0.25) is 0 Å². The van der Waals surface area contributed by atoms with Gasteiger partial charge in [-0.1, -0.05) is 110 Å². The van der Waals surface area contributed by atoms with Crippen molar-refractivity contribution in [2.24, 2.45) is 0 Å². The first kappa shape index (κ1) is 20.2. The van der Waals surface area contributed by atoms with Crippen LogP contribution in [0.3, 0.4) is 0 Å². The van der Waals surface area contributed by atoms with Crippen LogP contribution in [0.25, 0.3) is 0 Å². The molecule has 0 aliphatic heterocycles. The van der Waals surface area contributed by atoms with Crippen LogP contribution in [-0.2, 0) is 0 Å². The monoisotopic (exact) mass is 408 g/mol. The molecule has 0 saturated heterocycles. The molecule has 4 aromatic carbocycles. The van der Waals surface area contributed by atoms with Crippen LogP contribution < -0.4 is 9.92 Å². The van der Waals surface area contributed by atoms with Gasteiger partial charge in [-0.15, -0.1) is 0 Å². The Morgan fingerprint density at radius 1 is 0.633 bits per heavy atom. The summed E-state index contributed by atoms with van der Waals surface area (Å²) in [5.41, 5.74) is 4.34. The highest BCUT2D eigenvalue weighted by atomic mass is 28.3. The molecule has 0 radical (unpaired) electrons. The normalized spacial score (nSPS) is 11.5. The molecular formula is C28H28OSi. The van der Waals surface area contributed by atoms with Crippen LogP contribution in [0.5, 0.6) is 11.5 Å². The standard InChI is InChI=1S/C28H28OSi/c1-22-19-20-26(29-25-17-11-6-12-18-25)27(21-22)30(2,3)28(23-13-7-4-8-14-23)24-15-9-5-10-16-24/h4-21,28H,1-3H3. The lowest BCUT2D eigenvalue weighted by atomic mass is 10.0. The van der Waals surface area contributed by atoms with Gasteiger partial charge in [-0.05, 0) is 41.4 Å². The predicted molar refractivity (Wildman–Crippen MR) is 130 cm³/mol. The zero-order chi connectivity index (χ0) is 21.0. The summed E-state index contributed by atoms with van der Waals surface area (Å²) in [5.74, 6) is 1.85. The summed E-state index contributed by atoms with van der Waals surface area (Å²) in [5, 5.41) is 1.35. The third-order valence-corrected chi connectivity index (χ3v) is 9.68. The second-order valence-electron chi connectivity index (χ2n) is 8.39. The fraction of sp³-hybridized carbons (Fsp3) is 0.143. The van der Waals surface area contributed by atoms with E-state index in [0.29, 0.717) is 5.54 Å². The molecular weight excluding hydrogens is 380 g/mol. The van der Waals surface area contributed by atoms with Gasteiger partial charge in [-0.25, -0.2) is 0 Å². The summed E-state index contributed by atoms with van der Waals surface area (Å²) in [6.45, 7) is 7.09. The fourth-order valence-corrected chi connectivity index (χ4v) is 8.06. The van der Waals surface area contributed by atoms with Gasteiger partial charge in [0.15, 0.2) is 0 Å². The molecule has 0 heterocycles. The molecule has 4 rings (SSSR count). The second-order valence-corrected chi connectivity index (χ2v) is 13.0. The summed E-state index contributed by atoms with van der Waals surface area (Å²) in [7, 11) is -2.05. The Bertz CT molecular complexity index is 1050. The summed E-state index contributed by atoms with van der Waals surface area (Å²) in [6, 6.07) is 38.5. The number of aryl methyl sites for hydroxylation is 1. The molecule has 150 valence electrons. The van der Waals surface area contributed by atoms with Crippen molar-refractivity contribution < 1.29 is 4.74 Å². The summed E-state index contributed by atoms with van der Waals surface area (Å²) in [4.78, 5) is 0. The number of ether oxygens (including phenoxy) is 1. The smallest absolute Gasteiger partial charge is 0.127 e. The molecule has 0 aliphatic carbocycles. The third-order valence-electron chi connectivity index (χ3n) is 5.79. The Morgan fingerprint density at radius 2 is 1.13 bits per heavy atom. The van der Waals surface area contributed by atoms with Crippen LogP contribution in [0.1, 0.15) is 22.2 Å². The number of hydrogen-bond acceptors (Lipinski definition) is 1. The van der Waals surface area contributed by atoms with E-state index in [9.17, 15) is 0 Å². The van der Waals surface area contributed by atoms with Crippen LogP contribution >= 0.6 is 0 Å². The Morgan fingerprint density at radius 3 is 1.67 bits per heavy atom. The van der Waals surface area contributed by atoms with Gasteiger partial charge in [0.25, 0.3) is 0 Å². The largest absolute Gasteiger partial charge is 0.458 e. The highest BCUT2D eigenvalue weighted by Crippen LogP contribution is 2.36. The maximum atomic E-state index is 6.41. The molecule has 1 nitrogen and oxygen atoms in total. The van der Waals surface area contributed by atoms with Gasteiger partial charge in [0.2, 0.25) is 0 Å². The lowest BCUT2D eigenvalue weighted by Gasteiger charge is -2.35. The van der Waals surface area contributed by atoms with Crippen molar-refractivity contribution in [1.29, 1.82) is 0 Å². The van der Waals surface area contributed by atoms with Crippen molar-refractivity contribution in [3.05, 3.63) is 126 Å². The first-order valence-corrected chi connectivity index (χ1v) is 13.6. The molecule has 0 fully saturated rings. The van der Waals surface area contributed by atoms with Crippen molar-refractivity contribution in [2.75, 3.05) is 0 Å². The molecule has 0 amide bonds. The zero-order valence-corrected chi connectivity index (χ0v) is 18.9. The van der Waals surface area contributed by atoms with Crippen molar-refractivity contribution in [2.45, 2.75) is 25.6 Å². The molecule has 0 aliphatic rings. The zero-order valence-electron chi connectivity index (χ0n) is 17.9. The van der Waals surface area contributed by atoms with Gasteiger partial charge in [0.1, 0.15) is 11.5 Å². The number of para-hydroxylation sites is 1. The van der Waals surface area contributed by atoms with Gasteiger partial charge < -0.3 is 4.74 Å². The maximum absolute atomic E-state index is 6.41. The Hall–Kier alpha value is -3.10. The lowest BCUT2D eigenvalue weighted by molar-refractivity contribution is 0.486. The number of hydrogen-bond donors (Lipinski definition) is 0. The maximum Gasteiger partial charge on any atom is 0.127 e. The second kappa shape index (κ2) is 8.72. The highest BCUT2D eigenvalue weighted by molar-refractivity contribution is 6.92. The van der Waals surface area contributed by atoms with E-state index >= 15 is 0 Å². The van der Waals surface area contributed by atoms with Gasteiger partial charge in [0, 0.05) is 5.54 Å². The molecule has 0 bridgehead atoms. The summed E-state index contributed by atoms with van der Waals surface area (Å²) < 4.78 is 6.41. The quantitative estimate of drug-likeness (QED) is 0.310. The van der Waals surface area contributed by atoms with Gasteiger partial charge in [-0.2, -0.15) is 0 Å². The topological polar surface area (TPSA) is 9.23 Å². The third kappa shape index (κ3) is 4.24. The van der Waals surface area contributed by atoms with Crippen molar-refractivity contribution in [3.63, 3.8) is 0 Å². The van der Waals surface area contributed by atoms with E-state index in [0.717, 1.165) is 11.5 Å². The van der Waals surface area contributed by atoms with Gasteiger partial charge >= 0.3 is 0 Å². The minimum Gasteiger partial charge on any atom is -0.458 e. The van der Waals surface area contributed by atoms with E-state index in [1.54, 1.807) is 0 Å². The summed E-state index contributed by atoms with van der Waals surface area (Å²) in [6.07, 6.45) is 0. The van der Waals surface area contributed by atoms with E-state index < -0.39 is 8.07 Å². The van der Waals surface area contributed by atoms with Crippen LogP contribution in [0.4, 0.5) is 0 Å². The molecule has 4 aromatic rings. The van der Waals surface area contributed by atoms with E-state index in [1.165, 1.54) is 21.9 Å². The average molecular weight is 409 g/mol. The Kier molecular flexibility index (Phi) is 5.87. The SMILES string of the molecule is Cc1ccc(Oc2ccccc2)c([Si](C)(C)C(c2ccccc2)c2ccccc2)c1. The molecule has 30 heavy (non-hydrogen) atoms. The highest BCUT2D eigenvalue weighted by Gasteiger charge is 2.38. The average Bonchev–Trinajstić information content (AvgIpc) is 2.77. The van der Waals surface area contributed by atoms with Crippen LogP contribution in [-0.4, -0.2) is 8.07 Å². The first-order valence-electron chi connectivity index (χ1n) is 10.5. The van der Waals surface area contributed by atoms with Crippen molar-refractivity contribution in [3.8, 4) is 11.5 Å². The van der Waals surface area contributed by atoms with Crippen molar-refractivity contribution in [1.82, 2.24) is 0 Å². The molecule has 0 spiro atoms. The minimum absolute atomic E-state index is 0.333. The fourth-order valence-electron chi connectivity index (χ4n) is 4.32. The van der Waals surface area contributed by atoms with E-state index in [2.05, 4.69) is 98.9 Å². The van der Waals surface area contributed by atoms with E-state index in [4.69, 9.17) is 4.74 Å². The van der Waals surface area contributed by atoms with Crippen LogP contribution in [0.2, 0.25) is 13.1 Å². The Balaban J connectivity index is 1.85. The molecule has 0 aromatic heterocycles. The molecule has 0 saturated carbocycles. The minimum atomic E-state index is -2.05. The number of rotatable bonds is 6. The molecule has 0 atom stereocenters. The summed E-state index contributed by atoms with van der Waals surface area (Å²) >= 11 is 0.